The summed E-state index contributed by atoms with van der Waals surface area (Å²) in [6.45, 7) is 0. The van der Waals surface area contributed by atoms with Crippen LogP contribution in [0.2, 0.25) is 0 Å². The molecule has 0 aliphatic rings. The lowest BCUT2D eigenvalue weighted by Crippen LogP contribution is -1.95. The van der Waals surface area contributed by atoms with E-state index in [0.29, 0.717) is 0 Å². The van der Waals surface area contributed by atoms with Crippen molar-refractivity contribution in [3.8, 4) is 33.9 Å². The Balaban J connectivity index is 1.43. The second kappa shape index (κ2) is 8.66. The Bertz CT molecular complexity index is 1890. The Hall–Kier alpha value is -3.86. The molecule has 0 aliphatic heterocycles. The number of benzene rings is 5. The summed E-state index contributed by atoms with van der Waals surface area (Å²) in [6, 6.07) is 40.4. The lowest BCUT2D eigenvalue weighted by atomic mass is 10.0. The van der Waals surface area contributed by atoms with E-state index in [0.717, 1.165) is 38.4 Å². The third kappa shape index (κ3) is 3.70. The molecule has 7 aromatic rings. The minimum Gasteiger partial charge on any atom is -0.228 e. The van der Waals surface area contributed by atoms with Gasteiger partial charge in [-0.2, -0.15) is 0 Å². The molecule has 0 bridgehead atoms. The standard InChI is InChI=1S/C32H19BrN2S/c33-24-14-10-21(11-15-24)27-19-28(35-32(34-27)22-7-2-1-3-8-22)23-12-16-26-30(18-23)36-29-17-13-20-6-4-5-9-25(20)31(26)29/h1-19H. The fourth-order valence-corrected chi connectivity index (χ4v) is 6.21. The highest BCUT2D eigenvalue weighted by Crippen LogP contribution is 2.40. The van der Waals surface area contributed by atoms with Gasteiger partial charge in [0.05, 0.1) is 11.4 Å². The number of fused-ring (bicyclic) bond motifs is 5. The van der Waals surface area contributed by atoms with Gasteiger partial charge in [-0.05, 0) is 41.1 Å². The summed E-state index contributed by atoms with van der Waals surface area (Å²) in [5.41, 5.74) is 5.00. The van der Waals surface area contributed by atoms with Crippen molar-refractivity contribution < 1.29 is 0 Å². The molecule has 0 N–H and O–H groups in total. The molecule has 2 nitrogen and oxygen atoms in total. The van der Waals surface area contributed by atoms with Crippen LogP contribution in [0.25, 0.3) is 64.8 Å². The van der Waals surface area contributed by atoms with Crippen LogP contribution in [-0.4, -0.2) is 9.97 Å². The van der Waals surface area contributed by atoms with Crippen LogP contribution >= 0.6 is 27.3 Å². The topological polar surface area (TPSA) is 25.8 Å². The second-order valence-electron chi connectivity index (χ2n) is 8.81. The first-order valence-electron chi connectivity index (χ1n) is 11.8. The van der Waals surface area contributed by atoms with Gasteiger partial charge in [-0.15, -0.1) is 11.3 Å². The monoisotopic (exact) mass is 542 g/mol. The van der Waals surface area contributed by atoms with Gasteiger partial charge in [-0.1, -0.05) is 101 Å². The van der Waals surface area contributed by atoms with Crippen LogP contribution in [-0.2, 0) is 0 Å². The molecule has 0 aliphatic carbocycles. The third-order valence-electron chi connectivity index (χ3n) is 6.56. The predicted molar refractivity (Wildman–Crippen MR) is 156 cm³/mol. The third-order valence-corrected chi connectivity index (χ3v) is 8.20. The van der Waals surface area contributed by atoms with E-state index in [1.807, 2.05) is 41.7 Å². The van der Waals surface area contributed by atoms with Gasteiger partial charge < -0.3 is 0 Å². The Labute approximate surface area is 221 Å². The molecule has 2 heterocycles. The van der Waals surface area contributed by atoms with Crippen LogP contribution in [0.5, 0.6) is 0 Å². The van der Waals surface area contributed by atoms with E-state index in [1.165, 1.54) is 30.9 Å². The molecule has 0 amide bonds. The van der Waals surface area contributed by atoms with Gasteiger partial charge in [-0.3, -0.25) is 0 Å². The molecule has 0 fully saturated rings. The molecule has 5 aromatic carbocycles. The fraction of sp³-hybridized carbons (Fsp3) is 0. The highest BCUT2D eigenvalue weighted by atomic mass is 79.9. The number of hydrogen-bond acceptors (Lipinski definition) is 3. The molecule has 0 spiro atoms. The molecule has 0 radical (unpaired) electrons. The molecule has 36 heavy (non-hydrogen) atoms. The molecule has 0 atom stereocenters. The summed E-state index contributed by atoms with van der Waals surface area (Å²) in [4.78, 5) is 9.95. The minimum atomic E-state index is 0.730. The first kappa shape index (κ1) is 21.4. The Morgan fingerprint density at radius 3 is 2.08 bits per heavy atom. The van der Waals surface area contributed by atoms with Crippen LogP contribution in [0.1, 0.15) is 0 Å². The van der Waals surface area contributed by atoms with E-state index >= 15 is 0 Å². The van der Waals surface area contributed by atoms with Crippen molar-refractivity contribution in [3.63, 3.8) is 0 Å². The average Bonchev–Trinajstić information content (AvgIpc) is 3.32. The van der Waals surface area contributed by atoms with Crippen molar-refractivity contribution in [1.82, 2.24) is 9.97 Å². The lowest BCUT2D eigenvalue weighted by molar-refractivity contribution is 1.18. The second-order valence-corrected chi connectivity index (χ2v) is 10.8. The largest absolute Gasteiger partial charge is 0.228 e. The average molecular weight is 543 g/mol. The predicted octanol–water partition coefficient (Wildman–Crippen LogP) is 9.76. The zero-order chi connectivity index (χ0) is 24.1. The molecule has 7 rings (SSSR count). The summed E-state index contributed by atoms with van der Waals surface area (Å²) in [5, 5.41) is 5.21. The number of halogens is 1. The maximum atomic E-state index is 5.01. The quantitative estimate of drug-likeness (QED) is 0.222. The molecule has 170 valence electrons. The first-order valence-corrected chi connectivity index (χ1v) is 13.4. The van der Waals surface area contributed by atoms with E-state index < -0.39 is 0 Å². The molecule has 0 saturated carbocycles. The van der Waals surface area contributed by atoms with Crippen LogP contribution in [0, 0.1) is 0 Å². The van der Waals surface area contributed by atoms with Crippen molar-refractivity contribution in [2.24, 2.45) is 0 Å². The Morgan fingerprint density at radius 1 is 0.528 bits per heavy atom. The van der Waals surface area contributed by atoms with Gasteiger partial charge in [-0.25, -0.2) is 9.97 Å². The fourth-order valence-electron chi connectivity index (χ4n) is 4.79. The van der Waals surface area contributed by atoms with Crippen LogP contribution in [0.3, 0.4) is 0 Å². The van der Waals surface area contributed by atoms with Crippen molar-refractivity contribution in [2.45, 2.75) is 0 Å². The number of hydrogen-bond donors (Lipinski definition) is 0. The Morgan fingerprint density at radius 2 is 1.25 bits per heavy atom. The first-order chi connectivity index (χ1) is 17.7. The highest BCUT2D eigenvalue weighted by Gasteiger charge is 2.13. The minimum absolute atomic E-state index is 0.730. The van der Waals surface area contributed by atoms with Crippen molar-refractivity contribution in [2.75, 3.05) is 0 Å². The number of thiophene rings is 1. The van der Waals surface area contributed by atoms with Gasteiger partial charge >= 0.3 is 0 Å². The van der Waals surface area contributed by atoms with E-state index in [2.05, 4.69) is 101 Å². The molecule has 0 unspecified atom stereocenters. The summed E-state index contributed by atoms with van der Waals surface area (Å²) in [5.74, 6) is 0.730. The van der Waals surface area contributed by atoms with Gasteiger partial charge in [0.1, 0.15) is 0 Å². The van der Waals surface area contributed by atoms with Crippen LogP contribution in [0.15, 0.2) is 120 Å². The zero-order valence-corrected chi connectivity index (χ0v) is 21.6. The zero-order valence-electron chi connectivity index (χ0n) is 19.2. The number of rotatable bonds is 3. The van der Waals surface area contributed by atoms with Crippen molar-refractivity contribution in [3.05, 3.63) is 120 Å². The summed E-state index contributed by atoms with van der Waals surface area (Å²) < 4.78 is 3.62. The highest BCUT2D eigenvalue weighted by molar-refractivity contribution is 9.10. The maximum Gasteiger partial charge on any atom is 0.160 e. The van der Waals surface area contributed by atoms with Crippen LogP contribution < -0.4 is 0 Å². The summed E-state index contributed by atoms with van der Waals surface area (Å²) in [7, 11) is 0. The molecule has 2 aromatic heterocycles. The molecule has 4 heteroatoms. The van der Waals surface area contributed by atoms with Crippen molar-refractivity contribution in [1.29, 1.82) is 0 Å². The molecular weight excluding hydrogens is 524 g/mol. The van der Waals surface area contributed by atoms with Crippen LogP contribution in [0.4, 0.5) is 0 Å². The number of aromatic nitrogens is 2. The van der Waals surface area contributed by atoms with Crippen molar-refractivity contribution >= 4 is 58.2 Å². The van der Waals surface area contributed by atoms with Gasteiger partial charge in [0.25, 0.3) is 0 Å². The summed E-state index contributed by atoms with van der Waals surface area (Å²) in [6.07, 6.45) is 0. The lowest BCUT2D eigenvalue weighted by Gasteiger charge is -2.10. The van der Waals surface area contributed by atoms with E-state index in [9.17, 15) is 0 Å². The molecular formula is C32H19BrN2S. The van der Waals surface area contributed by atoms with Gasteiger partial charge in [0.15, 0.2) is 5.82 Å². The van der Waals surface area contributed by atoms with E-state index in [-0.39, 0.29) is 0 Å². The van der Waals surface area contributed by atoms with E-state index in [4.69, 9.17) is 9.97 Å². The number of nitrogens with zero attached hydrogens (tertiary/aromatic N) is 2. The summed E-state index contributed by atoms with van der Waals surface area (Å²) >= 11 is 5.38. The maximum absolute atomic E-state index is 5.01. The SMILES string of the molecule is Brc1ccc(-c2cc(-c3ccc4c(c3)sc3ccc5ccccc5c34)nc(-c3ccccc3)n2)cc1. The smallest absolute Gasteiger partial charge is 0.160 e. The normalized spacial score (nSPS) is 11.5. The molecule has 0 saturated heterocycles. The van der Waals surface area contributed by atoms with E-state index in [1.54, 1.807) is 0 Å². The van der Waals surface area contributed by atoms with Gasteiger partial charge in [0, 0.05) is 41.3 Å². The van der Waals surface area contributed by atoms with Gasteiger partial charge in [0.2, 0.25) is 0 Å². The Kier molecular flexibility index (Phi) is 5.16.